The average molecular weight is 336 g/mol. The van der Waals surface area contributed by atoms with E-state index in [4.69, 9.17) is 0 Å². The third-order valence-corrected chi connectivity index (χ3v) is 4.24. The molecule has 0 aliphatic rings. The SMILES string of the molecule is CC(C)NC(=O)CCNc1ncnc2ccc(S(C)(=O)=O)cc12. The molecule has 0 radical (unpaired) electrons. The highest BCUT2D eigenvalue weighted by Crippen LogP contribution is 2.22. The number of sulfone groups is 1. The number of hydrogen-bond acceptors (Lipinski definition) is 6. The second-order valence-corrected chi connectivity index (χ2v) is 7.59. The minimum atomic E-state index is -3.31. The van der Waals surface area contributed by atoms with Gasteiger partial charge in [0.1, 0.15) is 12.1 Å². The normalized spacial score (nSPS) is 11.7. The highest BCUT2D eigenvalue weighted by atomic mass is 32.2. The lowest BCUT2D eigenvalue weighted by Gasteiger charge is -2.10. The summed E-state index contributed by atoms with van der Waals surface area (Å²) in [6.45, 7) is 4.19. The summed E-state index contributed by atoms with van der Waals surface area (Å²) in [5.41, 5.74) is 0.640. The summed E-state index contributed by atoms with van der Waals surface area (Å²) in [5, 5.41) is 6.48. The number of nitrogens with one attached hydrogen (secondary N) is 2. The summed E-state index contributed by atoms with van der Waals surface area (Å²) in [7, 11) is -3.31. The van der Waals surface area contributed by atoms with Gasteiger partial charge >= 0.3 is 0 Å². The van der Waals surface area contributed by atoms with Gasteiger partial charge in [-0.1, -0.05) is 0 Å². The molecule has 2 N–H and O–H groups in total. The van der Waals surface area contributed by atoms with Crippen molar-refractivity contribution in [3.8, 4) is 0 Å². The summed E-state index contributed by atoms with van der Waals surface area (Å²) >= 11 is 0. The Balaban J connectivity index is 2.18. The van der Waals surface area contributed by atoms with Gasteiger partial charge in [0.25, 0.3) is 0 Å². The minimum Gasteiger partial charge on any atom is -0.369 e. The smallest absolute Gasteiger partial charge is 0.221 e. The van der Waals surface area contributed by atoms with Gasteiger partial charge in [0, 0.05) is 30.6 Å². The summed E-state index contributed by atoms with van der Waals surface area (Å²) in [5.74, 6) is 0.459. The number of aromatic nitrogens is 2. The van der Waals surface area contributed by atoms with E-state index in [1.807, 2.05) is 13.8 Å². The standard InChI is InChI=1S/C15H20N4O3S/c1-10(2)19-14(20)6-7-16-15-12-8-11(23(3,21)22)4-5-13(12)17-9-18-15/h4-5,8-10H,6-7H2,1-3H3,(H,19,20)(H,16,17,18). The van der Waals surface area contributed by atoms with Gasteiger partial charge in [-0.2, -0.15) is 0 Å². The molecule has 0 aliphatic heterocycles. The Labute approximate surface area is 135 Å². The van der Waals surface area contributed by atoms with Crippen molar-refractivity contribution in [2.75, 3.05) is 18.1 Å². The monoisotopic (exact) mass is 336 g/mol. The molecular formula is C15H20N4O3S. The molecule has 0 spiro atoms. The lowest BCUT2D eigenvalue weighted by Crippen LogP contribution is -2.31. The third-order valence-electron chi connectivity index (χ3n) is 3.13. The minimum absolute atomic E-state index is 0.0531. The zero-order chi connectivity index (χ0) is 17.0. The Hall–Kier alpha value is -2.22. The number of carbonyl (C=O) groups excluding carboxylic acids is 1. The highest BCUT2D eigenvalue weighted by molar-refractivity contribution is 7.90. The predicted molar refractivity (Wildman–Crippen MR) is 89.0 cm³/mol. The molecule has 7 nitrogen and oxygen atoms in total. The van der Waals surface area contributed by atoms with Gasteiger partial charge in [-0.05, 0) is 32.0 Å². The number of nitrogens with zero attached hydrogens (tertiary/aromatic N) is 2. The van der Waals surface area contributed by atoms with E-state index < -0.39 is 9.84 Å². The van der Waals surface area contributed by atoms with Crippen molar-refractivity contribution >= 4 is 32.5 Å². The Morgan fingerprint density at radius 3 is 2.65 bits per heavy atom. The maximum Gasteiger partial charge on any atom is 0.221 e. The number of hydrogen-bond donors (Lipinski definition) is 2. The van der Waals surface area contributed by atoms with Crippen LogP contribution in [0.3, 0.4) is 0 Å². The quantitative estimate of drug-likeness (QED) is 0.826. The molecule has 2 aromatic rings. The van der Waals surface area contributed by atoms with Crippen molar-refractivity contribution in [1.82, 2.24) is 15.3 Å². The van der Waals surface area contributed by atoms with Crippen LogP contribution in [0.4, 0.5) is 5.82 Å². The van der Waals surface area contributed by atoms with E-state index in [1.165, 1.54) is 12.4 Å². The molecule has 1 aromatic heterocycles. The van der Waals surface area contributed by atoms with E-state index in [1.54, 1.807) is 12.1 Å². The van der Waals surface area contributed by atoms with Gasteiger partial charge in [-0.25, -0.2) is 18.4 Å². The molecule has 1 heterocycles. The molecule has 2 rings (SSSR count). The van der Waals surface area contributed by atoms with Crippen LogP contribution in [0.15, 0.2) is 29.4 Å². The Morgan fingerprint density at radius 1 is 1.26 bits per heavy atom. The fourth-order valence-corrected chi connectivity index (χ4v) is 2.74. The van der Waals surface area contributed by atoms with Crippen LogP contribution >= 0.6 is 0 Å². The second-order valence-electron chi connectivity index (χ2n) is 5.57. The van der Waals surface area contributed by atoms with E-state index in [-0.39, 0.29) is 16.8 Å². The van der Waals surface area contributed by atoms with Gasteiger partial charge in [0.2, 0.25) is 5.91 Å². The highest BCUT2D eigenvalue weighted by Gasteiger charge is 2.11. The van der Waals surface area contributed by atoms with Crippen LogP contribution in [-0.2, 0) is 14.6 Å². The Morgan fingerprint density at radius 2 is 2.00 bits per heavy atom. The van der Waals surface area contributed by atoms with Crippen molar-refractivity contribution in [1.29, 1.82) is 0 Å². The molecular weight excluding hydrogens is 316 g/mol. The maximum absolute atomic E-state index is 11.7. The van der Waals surface area contributed by atoms with Crippen LogP contribution in [-0.4, -0.2) is 43.1 Å². The predicted octanol–water partition coefficient (Wildman–Crippen LogP) is 1.36. The van der Waals surface area contributed by atoms with E-state index in [2.05, 4.69) is 20.6 Å². The number of amides is 1. The molecule has 124 valence electrons. The lowest BCUT2D eigenvalue weighted by molar-refractivity contribution is -0.121. The summed E-state index contributed by atoms with van der Waals surface area (Å²) in [6.07, 6.45) is 2.86. The van der Waals surface area contributed by atoms with E-state index in [0.29, 0.717) is 29.7 Å². The van der Waals surface area contributed by atoms with Gasteiger partial charge < -0.3 is 10.6 Å². The first-order chi connectivity index (χ1) is 10.8. The molecule has 23 heavy (non-hydrogen) atoms. The molecule has 0 bridgehead atoms. The van der Waals surface area contributed by atoms with Crippen LogP contribution in [0.1, 0.15) is 20.3 Å². The average Bonchev–Trinajstić information content (AvgIpc) is 2.45. The summed E-state index contributed by atoms with van der Waals surface area (Å²) < 4.78 is 23.4. The summed E-state index contributed by atoms with van der Waals surface area (Å²) in [6, 6.07) is 4.80. The maximum atomic E-state index is 11.7. The van der Waals surface area contributed by atoms with Crippen molar-refractivity contribution in [3.05, 3.63) is 24.5 Å². The molecule has 0 aliphatic carbocycles. The fraction of sp³-hybridized carbons (Fsp3) is 0.400. The van der Waals surface area contributed by atoms with Crippen molar-refractivity contribution in [3.63, 3.8) is 0 Å². The number of anilines is 1. The van der Waals surface area contributed by atoms with Crippen LogP contribution < -0.4 is 10.6 Å². The first kappa shape index (κ1) is 17.1. The van der Waals surface area contributed by atoms with Gasteiger partial charge in [0.15, 0.2) is 9.84 Å². The number of rotatable bonds is 6. The molecule has 0 atom stereocenters. The first-order valence-corrected chi connectivity index (χ1v) is 9.14. The number of benzene rings is 1. The lowest BCUT2D eigenvalue weighted by atomic mass is 10.2. The fourth-order valence-electron chi connectivity index (χ4n) is 2.10. The Bertz CT molecular complexity index is 819. The van der Waals surface area contributed by atoms with Crippen LogP contribution in [0.5, 0.6) is 0 Å². The van der Waals surface area contributed by atoms with E-state index >= 15 is 0 Å². The molecule has 0 fully saturated rings. The molecule has 0 saturated heterocycles. The van der Waals surface area contributed by atoms with Crippen LogP contribution in [0, 0.1) is 0 Å². The second kappa shape index (κ2) is 6.91. The topological polar surface area (TPSA) is 101 Å². The summed E-state index contributed by atoms with van der Waals surface area (Å²) in [4.78, 5) is 20.1. The number of fused-ring (bicyclic) bond motifs is 1. The molecule has 8 heteroatoms. The molecule has 0 unspecified atom stereocenters. The van der Waals surface area contributed by atoms with Crippen molar-refractivity contribution in [2.45, 2.75) is 31.2 Å². The van der Waals surface area contributed by atoms with Crippen molar-refractivity contribution in [2.24, 2.45) is 0 Å². The third kappa shape index (κ3) is 4.62. The van der Waals surface area contributed by atoms with Gasteiger partial charge in [-0.3, -0.25) is 4.79 Å². The van der Waals surface area contributed by atoms with Crippen molar-refractivity contribution < 1.29 is 13.2 Å². The molecule has 0 saturated carbocycles. The Kier molecular flexibility index (Phi) is 5.15. The zero-order valence-electron chi connectivity index (χ0n) is 13.3. The first-order valence-electron chi connectivity index (χ1n) is 7.25. The van der Waals surface area contributed by atoms with E-state index in [9.17, 15) is 13.2 Å². The largest absolute Gasteiger partial charge is 0.369 e. The molecule has 1 aromatic carbocycles. The van der Waals surface area contributed by atoms with E-state index in [0.717, 1.165) is 6.26 Å². The van der Waals surface area contributed by atoms with Gasteiger partial charge in [0.05, 0.1) is 10.4 Å². The zero-order valence-corrected chi connectivity index (χ0v) is 14.1. The van der Waals surface area contributed by atoms with Gasteiger partial charge in [-0.15, -0.1) is 0 Å². The van der Waals surface area contributed by atoms with Crippen LogP contribution in [0.2, 0.25) is 0 Å². The number of carbonyl (C=O) groups is 1. The molecule has 1 amide bonds. The van der Waals surface area contributed by atoms with Crippen LogP contribution in [0.25, 0.3) is 10.9 Å².